The minimum absolute atomic E-state index is 0.0299. The molecule has 0 bridgehead atoms. The molecule has 0 aliphatic heterocycles. The van der Waals surface area contributed by atoms with Crippen LogP contribution in [0.1, 0.15) is 6.92 Å². The third-order valence-electron chi connectivity index (χ3n) is 1.45. The van der Waals surface area contributed by atoms with Crippen molar-refractivity contribution in [3.05, 3.63) is 18.2 Å². The van der Waals surface area contributed by atoms with E-state index in [1.807, 2.05) is 0 Å². The lowest BCUT2D eigenvalue weighted by molar-refractivity contribution is -0.275. The van der Waals surface area contributed by atoms with Gasteiger partial charge in [0.2, 0.25) is 0 Å². The van der Waals surface area contributed by atoms with Gasteiger partial charge in [-0.2, -0.15) is 0 Å². The molecule has 0 N–H and O–H groups in total. The molecule has 0 aromatic heterocycles. The summed E-state index contributed by atoms with van der Waals surface area (Å²) < 4.78 is 44.7. The van der Waals surface area contributed by atoms with Gasteiger partial charge in [-0.05, 0) is 25.1 Å². The van der Waals surface area contributed by atoms with E-state index in [9.17, 15) is 13.2 Å². The summed E-state index contributed by atoms with van der Waals surface area (Å²) in [5.41, 5.74) is 0. The van der Waals surface area contributed by atoms with E-state index in [-0.39, 0.29) is 18.1 Å². The van der Waals surface area contributed by atoms with Crippen LogP contribution in [0.2, 0.25) is 0 Å². The molecule has 15 heavy (non-hydrogen) atoms. The van der Waals surface area contributed by atoms with Gasteiger partial charge in [-0.3, -0.25) is 0 Å². The molecule has 6 heteroatoms. The second-order valence-electron chi connectivity index (χ2n) is 2.61. The SMILES string of the molecule is CCOc1cc(S)ccc1OC(F)(F)F. The van der Waals surface area contributed by atoms with Crippen molar-refractivity contribution in [3.8, 4) is 11.5 Å². The summed E-state index contributed by atoms with van der Waals surface area (Å²) >= 11 is 3.99. The van der Waals surface area contributed by atoms with Gasteiger partial charge in [0.25, 0.3) is 0 Å². The largest absolute Gasteiger partial charge is 0.573 e. The van der Waals surface area contributed by atoms with Gasteiger partial charge in [-0.25, -0.2) is 0 Å². The summed E-state index contributed by atoms with van der Waals surface area (Å²) in [6.07, 6.45) is -4.72. The van der Waals surface area contributed by atoms with Crippen LogP contribution in [-0.2, 0) is 0 Å². The highest BCUT2D eigenvalue weighted by Gasteiger charge is 2.32. The standard InChI is InChI=1S/C9H9F3O2S/c1-2-13-8-5-6(15)3-4-7(8)14-9(10,11)12/h3-5,15H,2H2,1H3. The first-order valence-electron chi connectivity index (χ1n) is 4.14. The zero-order chi connectivity index (χ0) is 11.5. The normalized spacial score (nSPS) is 11.3. The summed E-state index contributed by atoms with van der Waals surface area (Å²) in [6, 6.07) is 3.93. The molecule has 0 saturated heterocycles. The highest BCUT2D eigenvalue weighted by molar-refractivity contribution is 7.80. The van der Waals surface area contributed by atoms with E-state index in [1.54, 1.807) is 6.92 Å². The number of alkyl halides is 3. The van der Waals surface area contributed by atoms with Crippen LogP contribution in [0.15, 0.2) is 23.1 Å². The molecular formula is C9H9F3O2S. The molecule has 0 spiro atoms. The van der Waals surface area contributed by atoms with E-state index < -0.39 is 6.36 Å². The lowest BCUT2D eigenvalue weighted by atomic mass is 10.3. The summed E-state index contributed by atoms with van der Waals surface area (Å²) in [5.74, 6) is -0.329. The highest BCUT2D eigenvalue weighted by Crippen LogP contribution is 2.33. The number of rotatable bonds is 3. The van der Waals surface area contributed by atoms with Gasteiger partial charge < -0.3 is 9.47 Å². The number of hydrogen-bond acceptors (Lipinski definition) is 3. The molecule has 1 aromatic carbocycles. The van der Waals surface area contributed by atoms with Gasteiger partial charge in [0.1, 0.15) is 0 Å². The van der Waals surface area contributed by atoms with Crippen LogP contribution < -0.4 is 9.47 Å². The highest BCUT2D eigenvalue weighted by atomic mass is 32.1. The van der Waals surface area contributed by atoms with Crippen LogP contribution in [0, 0.1) is 0 Å². The maximum absolute atomic E-state index is 12.0. The van der Waals surface area contributed by atoms with E-state index in [0.29, 0.717) is 4.90 Å². The maximum Gasteiger partial charge on any atom is 0.573 e. The average molecular weight is 238 g/mol. The fourth-order valence-corrected chi connectivity index (χ4v) is 1.17. The quantitative estimate of drug-likeness (QED) is 0.815. The molecule has 0 amide bonds. The number of ether oxygens (including phenoxy) is 2. The second-order valence-corrected chi connectivity index (χ2v) is 3.13. The number of thiol groups is 1. The van der Waals surface area contributed by atoms with Crippen LogP contribution in [-0.4, -0.2) is 13.0 Å². The minimum Gasteiger partial charge on any atom is -0.490 e. The van der Waals surface area contributed by atoms with Crippen molar-refractivity contribution >= 4 is 12.6 Å². The predicted octanol–water partition coefficient (Wildman–Crippen LogP) is 3.27. The van der Waals surface area contributed by atoms with Crippen molar-refractivity contribution in [1.82, 2.24) is 0 Å². The van der Waals surface area contributed by atoms with Crippen LogP contribution in [0.5, 0.6) is 11.5 Å². The van der Waals surface area contributed by atoms with Gasteiger partial charge in [-0.15, -0.1) is 25.8 Å². The van der Waals surface area contributed by atoms with E-state index in [2.05, 4.69) is 17.4 Å². The molecule has 0 radical (unpaired) electrons. The average Bonchev–Trinajstić information content (AvgIpc) is 2.08. The summed E-state index contributed by atoms with van der Waals surface area (Å²) in [6.45, 7) is 1.92. The summed E-state index contributed by atoms with van der Waals surface area (Å²) in [5, 5.41) is 0. The van der Waals surface area contributed by atoms with Gasteiger partial charge >= 0.3 is 6.36 Å². The summed E-state index contributed by atoms with van der Waals surface area (Å²) in [4.78, 5) is 0.507. The van der Waals surface area contributed by atoms with Gasteiger partial charge in [0.05, 0.1) is 6.61 Å². The first kappa shape index (κ1) is 12.0. The predicted molar refractivity (Wildman–Crippen MR) is 51.5 cm³/mol. The molecule has 0 fully saturated rings. The molecule has 0 heterocycles. The lowest BCUT2D eigenvalue weighted by Gasteiger charge is -2.13. The first-order valence-corrected chi connectivity index (χ1v) is 4.58. The van der Waals surface area contributed by atoms with E-state index in [0.717, 1.165) is 0 Å². The number of halogens is 3. The van der Waals surface area contributed by atoms with Gasteiger partial charge in [0.15, 0.2) is 11.5 Å². The molecule has 1 aromatic rings. The first-order chi connectivity index (χ1) is 6.92. The van der Waals surface area contributed by atoms with Crippen molar-refractivity contribution in [1.29, 1.82) is 0 Å². The molecule has 0 atom stereocenters. The maximum atomic E-state index is 12.0. The van der Waals surface area contributed by atoms with Gasteiger partial charge in [-0.1, -0.05) is 0 Å². The fourth-order valence-electron chi connectivity index (χ4n) is 0.974. The van der Waals surface area contributed by atoms with Crippen LogP contribution >= 0.6 is 12.6 Å². The Labute approximate surface area is 90.4 Å². The van der Waals surface area contributed by atoms with Crippen molar-refractivity contribution in [3.63, 3.8) is 0 Å². The van der Waals surface area contributed by atoms with Crippen LogP contribution in [0.4, 0.5) is 13.2 Å². The molecule has 0 aliphatic rings. The lowest BCUT2D eigenvalue weighted by Crippen LogP contribution is -2.17. The Morgan fingerprint density at radius 2 is 1.93 bits per heavy atom. The molecular weight excluding hydrogens is 229 g/mol. The van der Waals surface area contributed by atoms with Gasteiger partial charge in [0, 0.05) is 4.90 Å². The Hall–Kier alpha value is -1.04. The molecule has 0 unspecified atom stereocenters. The Bertz CT molecular complexity index is 339. The van der Waals surface area contributed by atoms with Crippen molar-refractivity contribution in [2.45, 2.75) is 18.2 Å². The van der Waals surface area contributed by atoms with E-state index >= 15 is 0 Å². The number of benzene rings is 1. The zero-order valence-corrected chi connectivity index (χ0v) is 8.73. The number of hydrogen-bond donors (Lipinski definition) is 1. The fraction of sp³-hybridized carbons (Fsp3) is 0.333. The van der Waals surface area contributed by atoms with Crippen LogP contribution in [0.25, 0.3) is 0 Å². The Balaban J connectivity index is 2.95. The molecule has 0 saturated carbocycles. The molecule has 1 rings (SSSR count). The summed E-state index contributed by atoms with van der Waals surface area (Å²) in [7, 11) is 0. The molecule has 2 nitrogen and oxygen atoms in total. The second kappa shape index (κ2) is 4.65. The van der Waals surface area contributed by atoms with Crippen molar-refractivity contribution < 1.29 is 22.6 Å². The topological polar surface area (TPSA) is 18.5 Å². The Kier molecular flexibility index (Phi) is 3.73. The van der Waals surface area contributed by atoms with Crippen molar-refractivity contribution in [2.24, 2.45) is 0 Å². The molecule has 0 aliphatic carbocycles. The Morgan fingerprint density at radius 3 is 2.47 bits per heavy atom. The monoisotopic (exact) mass is 238 g/mol. The Morgan fingerprint density at radius 1 is 1.27 bits per heavy atom. The van der Waals surface area contributed by atoms with Crippen LogP contribution in [0.3, 0.4) is 0 Å². The zero-order valence-electron chi connectivity index (χ0n) is 7.84. The smallest absolute Gasteiger partial charge is 0.490 e. The van der Waals surface area contributed by atoms with E-state index in [4.69, 9.17) is 4.74 Å². The molecule has 84 valence electrons. The van der Waals surface area contributed by atoms with E-state index in [1.165, 1.54) is 18.2 Å². The third kappa shape index (κ3) is 3.91. The minimum atomic E-state index is -4.72. The third-order valence-corrected chi connectivity index (χ3v) is 1.73. The van der Waals surface area contributed by atoms with Crippen molar-refractivity contribution in [2.75, 3.05) is 6.61 Å².